The molecule has 0 aromatic carbocycles. The van der Waals surface area contributed by atoms with Crippen molar-refractivity contribution in [3.05, 3.63) is 12.3 Å². The van der Waals surface area contributed by atoms with Gasteiger partial charge in [-0.1, -0.05) is 0 Å². The molecule has 0 radical (unpaired) electrons. The van der Waals surface area contributed by atoms with Gasteiger partial charge in [0.2, 0.25) is 0 Å². The molecule has 1 rings (SSSR count). The second kappa shape index (κ2) is 6.43. The Kier molecular flexibility index (Phi) is 5.07. The fourth-order valence-electron chi connectivity index (χ4n) is 1.29. The van der Waals surface area contributed by atoms with Crippen LogP contribution in [0.2, 0.25) is 0 Å². The second-order valence-electron chi connectivity index (χ2n) is 3.24. The fourth-order valence-corrected chi connectivity index (χ4v) is 1.29. The summed E-state index contributed by atoms with van der Waals surface area (Å²) in [4.78, 5) is 10.8. The minimum Gasteiger partial charge on any atom is -0.497 e. The normalized spacial score (nSPS) is 20.2. The maximum atomic E-state index is 10.8. The minimum absolute atomic E-state index is 0.179. The van der Waals surface area contributed by atoms with E-state index in [1.165, 1.54) is 7.11 Å². The summed E-state index contributed by atoms with van der Waals surface area (Å²) in [7, 11) is 1.40. The van der Waals surface area contributed by atoms with E-state index >= 15 is 0 Å². The van der Waals surface area contributed by atoms with E-state index in [1.807, 2.05) is 6.08 Å². The summed E-state index contributed by atoms with van der Waals surface area (Å²) in [5.74, 6) is -0.179. The Morgan fingerprint density at radius 1 is 1.71 bits per heavy atom. The van der Waals surface area contributed by atoms with Crippen molar-refractivity contribution in [2.75, 3.05) is 20.2 Å². The molecule has 0 aromatic rings. The smallest absolute Gasteiger partial charge is 0.306 e. The minimum atomic E-state index is -0.179. The molecule has 0 saturated carbocycles. The molecule has 0 aromatic heterocycles. The number of hydrogen-bond donors (Lipinski definition) is 1. The van der Waals surface area contributed by atoms with Crippen LogP contribution in [0.4, 0.5) is 0 Å². The Bertz CT molecular complexity index is 204. The molecule has 1 heterocycles. The van der Waals surface area contributed by atoms with Gasteiger partial charge in [0.15, 0.2) is 0 Å². The molecule has 1 N–H and O–H groups in total. The molecule has 1 aliphatic rings. The van der Waals surface area contributed by atoms with Gasteiger partial charge >= 0.3 is 5.97 Å². The van der Waals surface area contributed by atoms with Gasteiger partial charge in [-0.2, -0.15) is 0 Å². The molecule has 14 heavy (non-hydrogen) atoms. The number of nitrogens with one attached hydrogen (secondary N) is 1. The maximum absolute atomic E-state index is 10.8. The van der Waals surface area contributed by atoms with Crippen LogP contribution in [0.1, 0.15) is 19.3 Å². The van der Waals surface area contributed by atoms with Gasteiger partial charge in [0, 0.05) is 13.1 Å². The quantitative estimate of drug-likeness (QED) is 0.526. The molecular formula is C10H17NO3. The molecule has 1 atom stereocenters. The van der Waals surface area contributed by atoms with Crippen LogP contribution >= 0.6 is 0 Å². The van der Waals surface area contributed by atoms with Gasteiger partial charge < -0.3 is 14.8 Å². The molecule has 0 amide bonds. The van der Waals surface area contributed by atoms with Gasteiger partial charge in [0.05, 0.1) is 19.8 Å². The zero-order valence-corrected chi connectivity index (χ0v) is 8.49. The molecule has 0 saturated heterocycles. The number of esters is 1. The molecule has 0 fully saturated rings. The number of ether oxygens (including phenoxy) is 2. The average molecular weight is 199 g/mol. The highest BCUT2D eigenvalue weighted by Gasteiger charge is 2.10. The van der Waals surface area contributed by atoms with Crippen molar-refractivity contribution in [2.45, 2.75) is 25.4 Å². The van der Waals surface area contributed by atoms with E-state index in [9.17, 15) is 4.79 Å². The van der Waals surface area contributed by atoms with Crippen molar-refractivity contribution in [3.63, 3.8) is 0 Å². The summed E-state index contributed by atoms with van der Waals surface area (Å²) in [6, 6.07) is 0. The first kappa shape index (κ1) is 11.0. The van der Waals surface area contributed by atoms with E-state index < -0.39 is 0 Å². The van der Waals surface area contributed by atoms with Crippen LogP contribution in [0.5, 0.6) is 0 Å². The van der Waals surface area contributed by atoms with Crippen LogP contribution in [0.3, 0.4) is 0 Å². The van der Waals surface area contributed by atoms with Crippen LogP contribution < -0.4 is 5.32 Å². The van der Waals surface area contributed by atoms with E-state index in [4.69, 9.17) is 4.74 Å². The predicted octanol–water partition coefficient (Wildman–Crippen LogP) is 0.832. The highest BCUT2D eigenvalue weighted by molar-refractivity contribution is 5.69. The topological polar surface area (TPSA) is 47.6 Å². The number of carbonyl (C=O) groups excluding carboxylic acids is 1. The van der Waals surface area contributed by atoms with Crippen molar-refractivity contribution < 1.29 is 14.3 Å². The first-order valence-corrected chi connectivity index (χ1v) is 4.91. The van der Waals surface area contributed by atoms with Crippen molar-refractivity contribution in [1.29, 1.82) is 0 Å². The lowest BCUT2D eigenvalue weighted by atomic mass is 10.1. The lowest BCUT2D eigenvalue weighted by Gasteiger charge is -2.19. The van der Waals surface area contributed by atoms with Gasteiger partial charge in [-0.15, -0.1) is 0 Å². The Balaban J connectivity index is 1.98. The van der Waals surface area contributed by atoms with Crippen LogP contribution in [-0.2, 0) is 14.3 Å². The van der Waals surface area contributed by atoms with Crippen LogP contribution in [-0.4, -0.2) is 32.3 Å². The van der Waals surface area contributed by atoms with Crippen LogP contribution in [0, 0.1) is 0 Å². The van der Waals surface area contributed by atoms with Crippen LogP contribution in [0.25, 0.3) is 0 Å². The summed E-state index contributed by atoms with van der Waals surface area (Å²) in [5.41, 5.74) is 0. The Labute approximate surface area is 84.3 Å². The van der Waals surface area contributed by atoms with Crippen molar-refractivity contribution in [3.8, 4) is 0 Å². The van der Waals surface area contributed by atoms with Gasteiger partial charge in [-0.3, -0.25) is 4.79 Å². The van der Waals surface area contributed by atoms with Gasteiger partial charge in [0.1, 0.15) is 6.10 Å². The van der Waals surface area contributed by atoms with Gasteiger partial charge in [-0.25, -0.2) is 0 Å². The van der Waals surface area contributed by atoms with Crippen LogP contribution in [0.15, 0.2) is 12.3 Å². The number of methoxy groups -OCH3 is 1. The van der Waals surface area contributed by atoms with E-state index in [2.05, 4.69) is 10.1 Å². The van der Waals surface area contributed by atoms with Gasteiger partial charge in [-0.05, 0) is 18.9 Å². The lowest BCUT2D eigenvalue weighted by molar-refractivity contribution is -0.140. The third kappa shape index (κ3) is 4.28. The molecule has 0 spiro atoms. The molecule has 0 bridgehead atoms. The second-order valence-corrected chi connectivity index (χ2v) is 3.24. The fraction of sp³-hybridized carbons (Fsp3) is 0.700. The molecule has 1 unspecified atom stereocenters. The van der Waals surface area contributed by atoms with Crippen molar-refractivity contribution in [1.82, 2.24) is 5.32 Å². The first-order valence-electron chi connectivity index (χ1n) is 4.91. The monoisotopic (exact) mass is 199 g/mol. The summed E-state index contributed by atoms with van der Waals surface area (Å²) in [6.45, 7) is 1.44. The summed E-state index contributed by atoms with van der Waals surface area (Å²) in [5, 5.41) is 3.16. The molecule has 4 heteroatoms. The molecule has 1 aliphatic heterocycles. The number of rotatable bonds is 5. The Morgan fingerprint density at radius 3 is 3.21 bits per heavy atom. The summed E-state index contributed by atoms with van der Waals surface area (Å²) >= 11 is 0. The van der Waals surface area contributed by atoms with Gasteiger partial charge in [0.25, 0.3) is 0 Å². The average Bonchev–Trinajstić information content (AvgIpc) is 2.25. The molecule has 0 aliphatic carbocycles. The predicted molar refractivity (Wildman–Crippen MR) is 52.7 cm³/mol. The van der Waals surface area contributed by atoms with E-state index in [0.29, 0.717) is 13.0 Å². The number of allylic oxidation sites excluding steroid dienone is 1. The van der Waals surface area contributed by atoms with Crippen molar-refractivity contribution in [2.24, 2.45) is 0 Å². The maximum Gasteiger partial charge on any atom is 0.306 e. The first-order chi connectivity index (χ1) is 6.83. The third-order valence-corrected chi connectivity index (χ3v) is 2.13. The lowest BCUT2D eigenvalue weighted by Crippen LogP contribution is -2.30. The highest BCUT2D eigenvalue weighted by Crippen LogP contribution is 2.08. The SMILES string of the molecule is COC(=O)CCNCC1CCC=CO1. The highest BCUT2D eigenvalue weighted by atomic mass is 16.5. The largest absolute Gasteiger partial charge is 0.497 e. The standard InChI is InChI=1S/C10H17NO3/c1-13-10(12)5-6-11-8-9-4-2-3-7-14-9/h3,7,9,11H,2,4-6,8H2,1H3. The van der Waals surface area contributed by atoms with Crippen molar-refractivity contribution >= 4 is 5.97 Å². The summed E-state index contributed by atoms with van der Waals surface area (Å²) in [6.07, 6.45) is 6.54. The number of hydrogen-bond acceptors (Lipinski definition) is 4. The van der Waals surface area contributed by atoms with E-state index in [0.717, 1.165) is 19.4 Å². The Hall–Kier alpha value is -1.03. The summed E-state index contributed by atoms with van der Waals surface area (Å²) < 4.78 is 9.87. The van der Waals surface area contributed by atoms with E-state index in [1.54, 1.807) is 6.26 Å². The molecule has 80 valence electrons. The Morgan fingerprint density at radius 2 is 2.57 bits per heavy atom. The molecule has 4 nitrogen and oxygen atoms in total. The third-order valence-electron chi connectivity index (χ3n) is 2.13. The van der Waals surface area contributed by atoms with E-state index in [-0.39, 0.29) is 12.1 Å². The molecular weight excluding hydrogens is 182 g/mol. The number of carbonyl (C=O) groups is 1. The zero-order chi connectivity index (χ0) is 10.2. The zero-order valence-electron chi connectivity index (χ0n) is 8.49.